The molecule has 1 aliphatic carbocycles. The molecule has 2 aromatic heterocycles. The fourth-order valence-electron chi connectivity index (χ4n) is 5.35. The third-order valence-corrected chi connectivity index (χ3v) is 7.66. The summed E-state index contributed by atoms with van der Waals surface area (Å²) in [6, 6.07) is 7.30. The number of hydrogen-bond donors (Lipinski definition) is 4. The summed E-state index contributed by atoms with van der Waals surface area (Å²) in [4.78, 5) is 44.2. The van der Waals surface area contributed by atoms with Gasteiger partial charge in [0.15, 0.2) is 0 Å². The number of carboxylic acids is 1. The van der Waals surface area contributed by atoms with Gasteiger partial charge in [0.25, 0.3) is 5.91 Å². The first-order valence-electron chi connectivity index (χ1n) is 12.8. The Morgan fingerprint density at radius 3 is 2.45 bits per heavy atom. The molecular weight excluding hydrogens is 512 g/mol. The van der Waals surface area contributed by atoms with E-state index < -0.39 is 18.1 Å². The minimum Gasteiger partial charge on any atom is -0.478 e. The fourth-order valence-corrected chi connectivity index (χ4v) is 5.46. The van der Waals surface area contributed by atoms with E-state index in [4.69, 9.17) is 16.0 Å². The zero-order valence-electron chi connectivity index (χ0n) is 20.7. The monoisotopic (exact) mass is 540 g/mol. The third kappa shape index (κ3) is 5.52. The molecule has 38 heavy (non-hydrogen) atoms. The Bertz CT molecular complexity index is 1340. The molecule has 200 valence electrons. The number of carbonyl (C=O) groups is 3. The number of fused-ring (bicyclic) bond motifs is 1. The lowest BCUT2D eigenvalue weighted by molar-refractivity contribution is -0.122. The summed E-state index contributed by atoms with van der Waals surface area (Å²) in [5, 5.41) is 26.4. The number of furan rings is 1. The van der Waals surface area contributed by atoms with Gasteiger partial charge in [-0.05, 0) is 74.8 Å². The second-order valence-corrected chi connectivity index (χ2v) is 10.3. The Hall–Kier alpha value is -3.47. The van der Waals surface area contributed by atoms with Crippen LogP contribution in [0.15, 0.2) is 40.9 Å². The van der Waals surface area contributed by atoms with Gasteiger partial charge in [-0.1, -0.05) is 11.6 Å². The van der Waals surface area contributed by atoms with Crippen LogP contribution in [0.1, 0.15) is 59.4 Å². The molecule has 2 aliphatic rings. The van der Waals surface area contributed by atoms with Crippen molar-refractivity contribution in [3.8, 4) is 0 Å². The maximum Gasteiger partial charge on any atom is 0.335 e. The lowest BCUT2D eigenvalue weighted by Crippen LogP contribution is -2.41. The first-order chi connectivity index (χ1) is 18.3. The van der Waals surface area contributed by atoms with Crippen LogP contribution in [0, 0.1) is 11.8 Å². The highest BCUT2D eigenvalue weighted by atomic mass is 35.5. The number of benzene rings is 1. The van der Waals surface area contributed by atoms with Gasteiger partial charge in [-0.25, -0.2) is 9.78 Å². The average molecular weight is 541 g/mol. The van der Waals surface area contributed by atoms with Crippen LogP contribution in [0.2, 0.25) is 5.02 Å². The first kappa shape index (κ1) is 26.1. The van der Waals surface area contributed by atoms with Crippen LogP contribution in [0.3, 0.4) is 0 Å². The fraction of sp³-hybridized carbons (Fsp3) is 0.407. The van der Waals surface area contributed by atoms with E-state index in [1.54, 1.807) is 6.07 Å². The van der Waals surface area contributed by atoms with Gasteiger partial charge < -0.3 is 25.3 Å². The average Bonchev–Trinajstić information content (AvgIpc) is 3.58. The molecule has 10 nitrogen and oxygen atoms in total. The lowest BCUT2D eigenvalue weighted by Gasteiger charge is -2.35. The van der Waals surface area contributed by atoms with Crippen molar-refractivity contribution in [3.05, 3.63) is 52.9 Å². The Morgan fingerprint density at radius 1 is 1.05 bits per heavy atom. The molecule has 1 aromatic carbocycles. The van der Waals surface area contributed by atoms with E-state index in [0.29, 0.717) is 23.3 Å². The normalized spacial score (nSPS) is 20.8. The van der Waals surface area contributed by atoms with Gasteiger partial charge in [0.05, 0.1) is 10.6 Å². The van der Waals surface area contributed by atoms with Crippen LogP contribution in [-0.2, 0) is 4.79 Å². The van der Waals surface area contributed by atoms with Gasteiger partial charge in [0, 0.05) is 30.6 Å². The SMILES string of the molecule is O=C(O)c1ccc2oc(C(=O)Nc3ccc(Cl)cn3)c(NC(=O)[C@H]3CC[C@H](C(O)N4CCCC4)CC3)c2c1. The molecular formula is C27H29ClN4O6. The summed E-state index contributed by atoms with van der Waals surface area (Å²) < 4.78 is 5.77. The molecule has 0 radical (unpaired) electrons. The van der Waals surface area contributed by atoms with E-state index >= 15 is 0 Å². The largest absolute Gasteiger partial charge is 0.478 e. The molecule has 1 atom stereocenters. The quantitative estimate of drug-likeness (QED) is 0.340. The summed E-state index contributed by atoms with van der Waals surface area (Å²) >= 11 is 5.87. The Balaban J connectivity index is 1.35. The summed E-state index contributed by atoms with van der Waals surface area (Å²) in [6.07, 6.45) is 5.75. The number of pyridine rings is 1. The number of rotatable bonds is 7. The molecule has 4 N–H and O–H groups in total. The van der Waals surface area contributed by atoms with Crippen LogP contribution >= 0.6 is 11.6 Å². The maximum atomic E-state index is 13.3. The smallest absolute Gasteiger partial charge is 0.335 e. The number of amides is 2. The minimum atomic E-state index is -1.14. The van der Waals surface area contributed by atoms with Gasteiger partial charge in [0.2, 0.25) is 11.7 Å². The van der Waals surface area contributed by atoms with Crippen molar-refractivity contribution in [1.29, 1.82) is 0 Å². The number of carboxylic acid groups (broad SMARTS) is 1. The Kier molecular flexibility index (Phi) is 7.64. The summed E-state index contributed by atoms with van der Waals surface area (Å²) in [7, 11) is 0. The van der Waals surface area contributed by atoms with Crippen molar-refractivity contribution in [2.24, 2.45) is 11.8 Å². The molecule has 3 heterocycles. The third-order valence-electron chi connectivity index (χ3n) is 7.44. The van der Waals surface area contributed by atoms with Crippen LogP contribution in [0.4, 0.5) is 11.5 Å². The van der Waals surface area contributed by atoms with Gasteiger partial charge in [-0.3, -0.25) is 14.5 Å². The molecule has 1 saturated heterocycles. The number of likely N-dealkylation sites (tertiary alicyclic amines) is 1. The molecule has 11 heteroatoms. The number of anilines is 2. The molecule has 2 fully saturated rings. The number of nitrogens with one attached hydrogen (secondary N) is 2. The van der Waals surface area contributed by atoms with Crippen molar-refractivity contribution in [1.82, 2.24) is 9.88 Å². The number of halogens is 1. The minimum absolute atomic E-state index is 0.00321. The predicted molar refractivity (Wildman–Crippen MR) is 141 cm³/mol. The Morgan fingerprint density at radius 2 is 1.79 bits per heavy atom. The van der Waals surface area contributed by atoms with Crippen LogP contribution in [0.25, 0.3) is 11.0 Å². The first-order valence-corrected chi connectivity index (χ1v) is 13.1. The predicted octanol–water partition coefficient (Wildman–Crippen LogP) is 4.59. The standard InChI is InChI=1S/C27H29ClN4O6/c28-18-8-10-21(29-14-18)30-25(34)23-22(19-13-17(27(36)37)7-9-20(19)38-23)31-24(33)15-3-5-16(6-4-15)26(35)32-11-1-2-12-32/h7-10,13-16,26,35H,1-6,11-12H2,(H,31,33)(H,36,37)(H,29,30,34)/t15-,16-,26?. The Labute approximate surface area is 224 Å². The molecule has 0 spiro atoms. The number of aliphatic hydroxyl groups is 1. The topological polar surface area (TPSA) is 145 Å². The van der Waals surface area contributed by atoms with E-state index in [9.17, 15) is 24.6 Å². The van der Waals surface area contributed by atoms with Crippen LogP contribution in [0.5, 0.6) is 0 Å². The van der Waals surface area contributed by atoms with E-state index in [1.165, 1.54) is 30.5 Å². The lowest BCUT2D eigenvalue weighted by atomic mass is 9.80. The number of aromatic carboxylic acids is 1. The van der Waals surface area contributed by atoms with Gasteiger partial charge in [-0.15, -0.1) is 0 Å². The van der Waals surface area contributed by atoms with Crippen molar-refractivity contribution in [3.63, 3.8) is 0 Å². The summed E-state index contributed by atoms with van der Waals surface area (Å²) in [5.74, 6) is -2.18. The van der Waals surface area contributed by atoms with Gasteiger partial charge >= 0.3 is 5.97 Å². The van der Waals surface area contributed by atoms with Crippen LogP contribution < -0.4 is 10.6 Å². The zero-order chi connectivity index (χ0) is 26.8. The molecule has 1 unspecified atom stereocenters. The van der Waals surface area contributed by atoms with E-state index in [0.717, 1.165) is 38.8 Å². The van der Waals surface area contributed by atoms with Crippen molar-refractivity contribution in [2.75, 3.05) is 23.7 Å². The van der Waals surface area contributed by atoms with Gasteiger partial charge in [-0.2, -0.15) is 0 Å². The highest BCUT2D eigenvalue weighted by molar-refractivity contribution is 6.30. The van der Waals surface area contributed by atoms with Crippen LogP contribution in [-0.4, -0.2) is 57.2 Å². The number of aromatic nitrogens is 1. The molecule has 1 aliphatic heterocycles. The number of hydrogen-bond acceptors (Lipinski definition) is 7. The van der Waals surface area contributed by atoms with Crippen molar-refractivity contribution in [2.45, 2.75) is 44.8 Å². The van der Waals surface area contributed by atoms with E-state index in [1.807, 2.05) is 0 Å². The molecule has 1 saturated carbocycles. The molecule has 0 bridgehead atoms. The second-order valence-electron chi connectivity index (χ2n) is 9.90. The summed E-state index contributed by atoms with van der Waals surface area (Å²) in [6.45, 7) is 1.81. The molecule has 3 aromatic rings. The van der Waals surface area contributed by atoms with Gasteiger partial charge in [0.1, 0.15) is 23.3 Å². The zero-order valence-corrected chi connectivity index (χ0v) is 21.4. The highest BCUT2D eigenvalue weighted by Gasteiger charge is 2.34. The highest BCUT2D eigenvalue weighted by Crippen LogP contribution is 2.36. The molecule has 5 rings (SSSR count). The number of nitrogens with zero attached hydrogens (tertiary/aromatic N) is 2. The molecule has 2 amide bonds. The second kappa shape index (κ2) is 11.1. The number of carbonyl (C=O) groups excluding carboxylic acids is 2. The van der Waals surface area contributed by atoms with E-state index in [2.05, 4.69) is 20.5 Å². The van der Waals surface area contributed by atoms with Crippen molar-refractivity contribution < 1.29 is 29.0 Å². The van der Waals surface area contributed by atoms with Crippen molar-refractivity contribution >= 4 is 51.9 Å². The summed E-state index contributed by atoms with van der Waals surface area (Å²) in [5.41, 5.74) is 0.368. The number of aliphatic hydroxyl groups excluding tert-OH is 1. The van der Waals surface area contributed by atoms with E-state index in [-0.39, 0.29) is 46.2 Å². The maximum absolute atomic E-state index is 13.3.